The SMILES string of the molecule is CC(CN)c1ccccc1F.Cl. The molecule has 3 heteroatoms. The summed E-state index contributed by atoms with van der Waals surface area (Å²) < 4.78 is 13.0. The third kappa shape index (κ3) is 2.47. The fourth-order valence-electron chi connectivity index (χ4n) is 1.00. The minimum atomic E-state index is -0.162. The molecule has 0 radical (unpaired) electrons. The van der Waals surface area contributed by atoms with E-state index >= 15 is 0 Å². The highest BCUT2D eigenvalue weighted by Gasteiger charge is 2.06. The number of benzene rings is 1. The third-order valence-corrected chi connectivity index (χ3v) is 1.79. The molecule has 0 aliphatic heterocycles. The molecule has 1 nitrogen and oxygen atoms in total. The lowest BCUT2D eigenvalue weighted by Crippen LogP contribution is -2.10. The molecule has 0 aliphatic carbocycles. The highest BCUT2D eigenvalue weighted by atomic mass is 35.5. The van der Waals surface area contributed by atoms with Crippen LogP contribution >= 0.6 is 12.4 Å². The van der Waals surface area contributed by atoms with Crippen molar-refractivity contribution in [2.75, 3.05) is 6.54 Å². The quantitative estimate of drug-likeness (QED) is 0.759. The Hall–Kier alpha value is -0.600. The van der Waals surface area contributed by atoms with Crippen LogP contribution in [0.2, 0.25) is 0 Å². The molecule has 0 saturated heterocycles. The summed E-state index contributed by atoms with van der Waals surface area (Å²) in [7, 11) is 0. The van der Waals surface area contributed by atoms with Gasteiger partial charge in [0.15, 0.2) is 0 Å². The van der Waals surface area contributed by atoms with Crippen molar-refractivity contribution >= 4 is 12.4 Å². The van der Waals surface area contributed by atoms with Crippen LogP contribution in [0.3, 0.4) is 0 Å². The summed E-state index contributed by atoms with van der Waals surface area (Å²) in [6.07, 6.45) is 0. The van der Waals surface area contributed by atoms with Crippen LogP contribution in [-0.2, 0) is 0 Å². The van der Waals surface area contributed by atoms with Gasteiger partial charge in [-0.1, -0.05) is 25.1 Å². The maximum absolute atomic E-state index is 13.0. The average molecular weight is 190 g/mol. The molecule has 0 bridgehead atoms. The predicted molar refractivity (Wildman–Crippen MR) is 51.1 cm³/mol. The summed E-state index contributed by atoms with van der Waals surface area (Å²) in [6, 6.07) is 6.74. The standard InChI is InChI=1S/C9H12FN.ClH/c1-7(6-11)8-4-2-3-5-9(8)10;/h2-5,7H,6,11H2,1H3;1H. The molecule has 0 spiro atoms. The maximum atomic E-state index is 13.0. The Morgan fingerprint density at radius 2 is 2.00 bits per heavy atom. The first-order valence-corrected chi connectivity index (χ1v) is 3.70. The predicted octanol–water partition coefficient (Wildman–Crippen LogP) is 2.31. The molecule has 1 aromatic carbocycles. The van der Waals surface area contributed by atoms with Crippen LogP contribution in [0, 0.1) is 5.82 Å². The summed E-state index contributed by atoms with van der Waals surface area (Å²) in [6.45, 7) is 2.40. The second kappa shape index (κ2) is 5.12. The lowest BCUT2D eigenvalue weighted by Gasteiger charge is -2.08. The van der Waals surface area contributed by atoms with E-state index in [-0.39, 0.29) is 24.1 Å². The van der Waals surface area contributed by atoms with E-state index in [1.807, 2.05) is 13.0 Å². The summed E-state index contributed by atoms with van der Waals surface area (Å²) in [4.78, 5) is 0. The first-order valence-electron chi connectivity index (χ1n) is 3.70. The Morgan fingerprint density at radius 1 is 1.42 bits per heavy atom. The van der Waals surface area contributed by atoms with E-state index in [9.17, 15) is 4.39 Å². The van der Waals surface area contributed by atoms with Gasteiger partial charge in [-0.3, -0.25) is 0 Å². The molecule has 0 aromatic heterocycles. The number of nitrogens with two attached hydrogens (primary N) is 1. The minimum Gasteiger partial charge on any atom is -0.330 e. The zero-order chi connectivity index (χ0) is 8.27. The largest absolute Gasteiger partial charge is 0.330 e. The van der Waals surface area contributed by atoms with Crippen LogP contribution in [0.4, 0.5) is 4.39 Å². The summed E-state index contributed by atoms with van der Waals surface area (Å²) >= 11 is 0. The Balaban J connectivity index is 0.00000121. The maximum Gasteiger partial charge on any atom is 0.126 e. The van der Waals surface area contributed by atoms with Gasteiger partial charge in [-0.05, 0) is 24.1 Å². The second-order valence-electron chi connectivity index (χ2n) is 2.66. The molecule has 0 saturated carbocycles. The first kappa shape index (κ1) is 11.4. The fourth-order valence-corrected chi connectivity index (χ4v) is 1.00. The van der Waals surface area contributed by atoms with Crippen molar-refractivity contribution in [3.63, 3.8) is 0 Å². The fraction of sp³-hybridized carbons (Fsp3) is 0.333. The number of rotatable bonds is 2. The van der Waals surface area contributed by atoms with Crippen LogP contribution in [0.1, 0.15) is 18.4 Å². The van der Waals surface area contributed by atoms with Crippen LogP contribution in [0.25, 0.3) is 0 Å². The van der Waals surface area contributed by atoms with E-state index in [0.29, 0.717) is 12.1 Å². The molecule has 12 heavy (non-hydrogen) atoms. The van der Waals surface area contributed by atoms with E-state index in [0.717, 1.165) is 0 Å². The minimum absolute atomic E-state index is 0. The highest BCUT2D eigenvalue weighted by molar-refractivity contribution is 5.85. The molecule has 2 N–H and O–H groups in total. The normalized spacial score (nSPS) is 11.9. The van der Waals surface area contributed by atoms with Crippen molar-refractivity contribution in [1.82, 2.24) is 0 Å². The van der Waals surface area contributed by atoms with Gasteiger partial charge in [0.1, 0.15) is 5.82 Å². The van der Waals surface area contributed by atoms with Gasteiger partial charge in [0.05, 0.1) is 0 Å². The second-order valence-corrected chi connectivity index (χ2v) is 2.66. The molecular weight excluding hydrogens is 177 g/mol. The van der Waals surface area contributed by atoms with Gasteiger partial charge in [0, 0.05) is 0 Å². The van der Waals surface area contributed by atoms with Gasteiger partial charge >= 0.3 is 0 Å². The lowest BCUT2D eigenvalue weighted by atomic mass is 10.0. The topological polar surface area (TPSA) is 26.0 Å². The van der Waals surface area contributed by atoms with Crippen molar-refractivity contribution in [3.05, 3.63) is 35.6 Å². The Labute approximate surface area is 78.2 Å². The molecule has 1 aromatic rings. The van der Waals surface area contributed by atoms with Crippen LogP contribution in [0.15, 0.2) is 24.3 Å². The van der Waals surface area contributed by atoms with Gasteiger partial charge < -0.3 is 5.73 Å². The number of hydrogen-bond donors (Lipinski definition) is 1. The van der Waals surface area contributed by atoms with Crippen molar-refractivity contribution in [2.45, 2.75) is 12.8 Å². The zero-order valence-corrected chi connectivity index (χ0v) is 7.77. The molecule has 1 rings (SSSR count). The molecule has 0 fully saturated rings. The van der Waals surface area contributed by atoms with Crippen LogP contribution in [0.5, 0.6) is 0 Å². The Kier molecular flexibility index (Phi) is 4.86. The van der Waals surface area contributed by atoms with Gasteiger partial charge in [-0.15, -0.1) is 12.4 Å². The first-order chi connectivity index (χ1) is 5.25. The number of hydrogen-bond acceptors (Lipinski definition) is 1. The van der Waals surface area contributed by atoms with Crippen molar-refractivity contribution < 1.29 is 4.39 Å². The van der Waals surface area contributed by atoms with Gasteiger partial charge in [-0.2, -0.15) is 0 Å². The molecular formula is C9H13ClFN. The zero-order valence-electron chi connectivity index (χ0n) is 6.96. The average Bonchev–Trinajstić information content (AvgIpc) is 2.04. The molecule has 0 heterocycles. The summed E-state index contributed by atoms with van der Waals surface area (Å²) in [5.41, 5.74) is 6.11. The van der Waals surface area contributed by atoms with Gasteiger partial charge in [-0.25, -0.2) is 4.39 Å². The molecule has 1 atom stereocenters. The number of halogens is 2. The van der Waals surface area contributed by atoms with Crippen molar-refractivity contribution in [2.24, 2.45) is 5.73 Å². The summed E-state index contributed by atoms with van der Waals surface area (Å²) in [5.74, 6) is -0.0540. The van der Waals surface area contributed by atoms with Crippen molar-refractivity contribution in [1.29, 1.82) is 0 Å². The molecule has 68 valence electrons. The van der Waals surface area contributed by atoms with E-state index in [1.165, 1.54) is 6.07 Å². The molecule has 1 unspecified atom stereocenters. The Morgan fingerprint density at radius 3 is 2.50 bits per heavy atom. The molecule has 0 aliphatic rings. The Bertz CT molecular complexity index is 240. The molecule has 0 amide bonds. The highest BCUT2D eigenvalue weighted by Crippen LogP contribution is 2.16. The third-order valence-electron chi connectivity index (χ3n) is 1.79. The van der Waals surface area contributed by atoms with E-state index in [2.05, 4.69) is 0 Å². The van der Waals surface area contributed by atoms with Gasteiger partial charge in [0.25, 0.3) is 0 Å². The lowest BCUT2D eigenvalue weighted by molar-refractivity contribution is 0.590. The van der Waals surface area contributed by atoms with Crippen molar-refractivity contribution in [3.8, 4) is 0 Å². The van der Waals surface area contributed by atoms with Gasteiger partial charge in [0.2, 0.25) is 0 Å². The van der Waals surface area contributed by atoms with E-state index < -0.39 is 0 Å². The van der Waals surface area contributed by atoms with E-state index in [1.54, 1.807) is 12.1 Å². The van der Waals surface area contributed by atoms with E-state index in [4.69, 9.17) is 5.73 Å². The van der Waals surface area contributed by atoms with Crippen LogP contribution in [-0.4, -0.2) is 6.54 Å². The van der Waals surface area contributed by atoms with Crippen LogP contribution < -0.4 is 5.73 Å². The monoisotopic (exact) mass is 189 g/mol. The smallest absolute Gasteiger partial charge is 0.126 e. The summed E-state index contributed by atoms with van der Waals surface area (Å²) in [5, 5.41) is 0.